The third kappa shape index (κ3) is 4.27. The predicted octanol–water partition coefficient (Wildman–Crippen LogP) is 4.89. The van der Waals surface area contributed by atoms with Crippen LogP contribution in [0.4, 0.5) is 17.1 Å². The van der Waals surface area contributed by atoms with E-state index in [1.165, 1.54) is 24.3 Å². The molecule has 0 aliphatic heterocycles. The number of benzene rings is 3. The Morgan fingerprint density at radius 2 is 1.58 bits per heavy atom. The molecule has 0 aliphatic carbocycles. The summed E-state index contributed by atoms with van der Waals surface area (Å²) >= 11 is 0. The van der Waals surface area contributed by atoms with Crippen LogP contribution in [-0.4, -0.2) is 23.2 Å². The number of anilines is 2. The Hall–Kier alpha value is -4.46. The Morgan fingerprint density at radius 3 is 2.29 bits per heavy atom. The van der Waals surface area contributed by atoms with E-state index in [4.69, 9.17) is 4.42 Å². The molecule has 31 heavy (non-hydrogen) atoms. The number of amides is 1. The van der Waals surface area contributed by atoms with Crippen molar-refractivity contribution in [3.63, 3.8) is 0 Å². The summed E-state index contributed by atoms with van der Waals surface area (Å²) in [5.41, 5.74) is 1.75. The van der Waals surface area contributed by atoms with Crippen molar-refractivity contribution in [2.45, 2.75) is 0 Å². The van der Waals surface area contributed by atoms with Crippen molar-refractivity contribution in [2.75, 3.05) is 17.2 Å². The number of nitro groups is 1. The van der Waals surface area contributed by atoms with Gasteiger partial charge in [-0.2, -0.15) is 0 Å². The predicted molar refractivity (Wildman–Crippen MR) is 117 cm³/mol. The van der Waals surface area contributed by atoms with Gasteiger partial charge in [0.1, 0.15) is 5.58 Å². The molecule has 0 unspecified atom stereocenters. The number of furan rings is 1. The summed E-state index contributed by atoms with van der Waals surface area (Å²) in [6.45, 7) is -0.118. The molecule has 0 spiro atoms. The van der Waals surface area contributed by atoms with Crippen LogP contribution in [0.1, 0.15) is 20.9 Å². The van der Waals surface area contributed by atoms with Gasteiger partial charge in [-0.3, -0.25) is 19.7 Å². The standard InChI is InChI=1S/C23H17N3O5/c27-19(15-10-12-17(13-11-15)26(29)30)14-24-21-18-8-4-5-9-20(18)31-22(21)23(28)25-16-6-2-1-3-7-16/h1-13,24H,14H2,(H,25,28). The van der Waals surface area contributed by atoms with Crippen molar-refractivity contribution >= 4 is 39.7 Å². The minimum absolute atomic E-state index is 0.0570. The van der Waals surface area contributed by atoms with Crippen molar-refractivity contribution < 1.29 is 18.9 Å². The van der Waals surface area contributed by atoms with Crippen LogP contribution in [-0.2, 0) is 0 Å². The Bertz CT molecular complexity index is 1260. The van der Waals surface area contributed by atoms with Crippen LogP contribution < -0.4 is 10.6 Å². The molecule has 8 nitrogen and oxygen atoms in total. The van der Waals surface area contributed by atoms with Crippen LogP contribution in [0.15, 0.2) is 83.3 Å². The summed E-state index contributed by atoms with van der Waals surface area (Å²) in [7, 11) is 0. The van der Waals surface area contributed by atoms with E-state index in [-0.39, 0.29) is 23.8 Å². The Morgan fingerprint density at radius 1 is 0.903 bits per heavy atom. The molecule has 4 aromatic rings. The average molecular weight is 415 g/mol. The van der Waals surface area contributed by atoms with Gasteiger partial charge in [0.2, 0.25) is 5.76 Å². The molecule has 1 heterocycles. The van der Waals surface area contributed by atoms with Gasteiger partial charge in [0.15, 0.2) is 5.78 Å². The highest BCUT2D eigenvalue weighted by Gasteiger charge is 2.21. The number of fused-ring (bicyclic) bond motifs is 1. The van der Waals surface area contributed by atoms with Gasteiger partial charge in [-0.1, -0.05) is 30.3 Å². The maximum absolute atomic E-state index is 12.8. The molecule has 1 amide bonds. The van der Waals surface area contributed by atoms with Gasteiger partial charge in [0, 0.05) is 28.8 Å². The molecule has 1 aromatic heterocycles. The number of hydrogen-bond acceptors (Lipinski definition) is 6. The van der Waals surface area contributed by atoms with Crippen LogP contribution >= 0.6 is 0 Å². The number of ketones is 1. The van der Waals surface area contributed by atoms with Crippen LogP contribution in [0.3, 0.4) is 0 Å². The summed E-state index contributed by atoms with van der Waals surface area (Å²) in [6, 6.07) is 21.4. The molecular formula is C23H17N3O5. The summed E-state index contributed by atoms with van der Waals surface area (Å²) in [4.78, 5) is 35.6. The maximum Gasteiger partial charge on any atom is 0.293 e. The second-order valence-electron chi connectivity index (χ2n) is 6.70. The summed E-state index contributed by atoms with van der Waals surface area (Å²) < 4.78 is 5.75. The van der Waals surface area contributed by atoms with E-state index >= 15 is 0 Å². The summed E-state index contributed by atoms with van der Waals surface area (Å²) in [5.74, 6) is -0.677. The monoisotopic (exact) mass is 415 g/mol. The zero-order valence-corrected chi connectivity index (χ0v) is 16.2. The average Bonchev–Trinajstić information content (AvgIpc) is 3.17. The van der Waals surface area contributed by atoms with Crippen LogP contribution in [0.2, 0.25) is 0 Å². The quantitative estimate of drug-likeness (QED) is 0.252. The lowest BCUT2D eigenvalue weighted by molar-refractivity contribution is -0.384. The van der Waals surface area contributed by atoms with Gasteiger partial charge in [-0.05, 0) is 36.4 Å². The van der Waals surface area contributed by atoms with Gasteiger partial charge < -0.3 is 15.1 Å². The topological polar surface area (TPSA) is 114 Å². The fraction of sp³-hybridized carbons (Fsp3) is 0.0435. The molecule has 0 fully saturated rings. The third-order valence-electron chi connectivity index (χ3n) is 4.66. The first-order chi connectivity index (χ1) is 15.0. The molecule has 0 saturated heterocycles. The third-order valence-corrected chi connectivity index (χ3v) is 4.66. The highest BCUT2D eigenvalue weighted by molar-refractivity contribution is 6.12. The van der Waals surface area contributed by atoms with Gasteiger partial charge in [0.25, 0.3) is 11.6 Å². The molecule has 0 radical (unpaired) electrons. The maximum atomic E-state index is 12.8. The highest BCUT2D eigenvalue weighted by atomic mass is 16.6. The molecule has 8 heteroatoms. The van der Waals surface area contributed by atoms with Crippen molar-refractivity contribution in [2.24, 2.45) is 0 Å². The second kappa shape index (κ2) is 8.50. The zero-order valence-electron chi connectivity index (χ0n) is 16.2. The minimum Gasteiger partial charge on any atom is -0.449 e. The van der Waals surface area contributed by atoms with Crippen molar-refractivity contribution in [1.29, 1.82) is 0 Å². The first-order valence-corrected chi connectivity index (χ1v) is 9.42. The van der Waals surface area contributed by atoms with E-state index in [1.54, 1.807) is 48.5 Å². The number of hydrogen-bond donors (Lipinski definition) is 2. The van der Waals surface area contributed by atoms with Gasteiger partial charge in [0.05, 0.1) is 17.2 Å². The van der Waals surface area contributed by atoms with Gasteiger partial charge in [-0.25, -0.2) is 0 Å². The van der Waals surface area contributed by atoms with E-state index in [9.17, 15) is 19.7 Å². The molecule has 0 aliphatic rings. The number of nitrogens with zero attached hydrogens (tertiary/aromatic N) is 1. The Kier molecular flexibility index (Phi) is 5.44. The fourth-order valence-electron chi connectivity index (χ4n) is 3.13. The lowest BCUT2D eigenvalue weighted by atomic mass is 10.1. The molecule has 0 atom stereocenters. The molecule has 4 rings (SSSR count). The molecule has 0 saturated carbocycles. The fourth-order valence-corrected chi connectivity index (χ4v) is 3.13. The number of nitro benzene ring substituents is 1. The van der Waals surface area contributed by atoms with E-state index in [2.05, 4.69) is 10.6 Å². The van der Waals surface area contributed by atoms with Crippen molar-refractivity contribution in [1.82, 2.24) is 0 Å². The van der Waals surface area contributed by atoms with Crippen LogP contribution in [0.5, 0.6) is 0 Å². The lowest BCUT2D eigenvalue weighted by Gasteiger charge is -2.08. The van der Waals surface area contributed by atoms with Gasteiger partial charge in [-0.15, -0.1) is 0 Å². The number of Topliss-reactive ketones (excluding diaryl/α,β-unsaturated/α-hetero) is 1. The highest BCUT2D eigenvalue weighted by Crippen LogP contribution is 2.31. The molecule has 0 bridgehead atoms. The molecule has 154 valence electrons. The molecule has 2 N–H and O–H groups in total. The number of carbonyl (C=O) groups is 2. The first-order valence-electron chi connectivity index (χ1n) is 9.42. The number of carbonyl (C=O) groups excluding carboxylic acids is 2. The van der Waals surface area contributed by atoms with E-state index in [0.29, 0.717) is 27.9 Å². The molecular weight excluding hydrogens is 398 g/mol. The number of non-ortho nitro benzene ring substituents is 1. The summed E-state index contributed by atoms with van der Waals surface area (Å²) in [6.07, 6.45) is 0. The first kappa shape index (κ1) is 19.8. The summed E-state index contributed by atoms with van der Waals surface area (Å²) in [5, 5.41) is 17.2. The van der Waals surface area contributed by atoms with Crippen molar-refractivity contribution in [3.8, 4) is 0 Å². The molecule has 3 aromatic carbocycles. The minimum atomic E-state index is -0.526. The Labute approximate surface area is 176 Å². The smallest absolute Gasteiger partial charge is 0.293 e. The van der Waals surface area contributed by atoms with Crippen LogP contribution in [0.25, 0.3) is 11.0 Å². The number of rotatable bonds is 7. The number of nitrogens with one attached hydrogen (secondary N) is 2. The van der Waals surface area contributed by atoms with E-state index in [0.717, 1.165) is 0 Å². The zero-order chi connectivity index (χ0) is 21.8. The van der Waals surface area contributed by atoms with Crippen molar-refractivity contribution in [3.05, 3.63) is 100 Å². The lowest BCUT2D eigenvalue weighted by Crippen LogP contribution is -2.17. The largest absolute Gasteiger partial charge is 0.449 e. The van der Waals surface area contributed by atoms with Gasteiger partial charge >= 0.3 is 0 Å². The van der Waals surface area contributed by atoms with E-state index in [1.807, 2.05) is 6.07 Å². The normalized spacial score (nSPS) is 10.6. The Balaban J connectivity index is 1.57. The van der Waals surface area contributed by atoms with E-state index < -0.39 is 10.8 Å². The second-order valence-corrected chi connectivity index (χ2v) is 6.70. The number of para-hydroxylation sites is 2. The SMILES string of the molecule is O=C(CNc1c(C(=O)Nc2ccccc2)oc2ccccc12)c1ccc([N+](=O)[O-])cc1. The van der Waals surface area contributed by atoms with Crippen LogP contribution in [0, 0.1) is 10.1 Å².